The molecule has 132 valence electrons. The zero-order chi connectivity index (χ0) is 18.3. The Morgan fingerprint density at radius 1 is 1.27 bits per heavy atom. The van der Waals surface area contributed by atoms with Crippen molar-refractivity contribution < 1.29 is 13.6 Å². The number of hydrogen-bond donors (Lipinski definition) is 0. The average molecular weight is 372 g/mol. The fourth-order valence-corrected chi connectivity index (χ4v) is 3.82. The van der Waals surface area contributed by atoms with Gasteiger partial charge in [-0.3, -0.25) is 9.36 Å². The van der Waals surface area contributed by atoms with Crippen LogP contribution in [0, 0.1) is 6.57 Å². The number of hydrogen-bond acceptors (Lipinski definition) is 3. The minimum Gasteiger partial charge on any atom is -0.338 e. The molecular formula is C18H14F2N4OS. The molecule has 0 aromatic carbocycles. The normalized spacial score (nSPS) is 16.6. The van der Waals surface area contributed by atoms with E-state index in [4.69, 9.17) is 6.57 Å². The first-order chi connectivity index (χ1) is 12.5. The molecule has 4 heterocycles. The zero-order valence-electron chi connectivity index (χ0n) is 13.7. The molecule has 8 heteroatoms. The summed E-state index contributed by atoms with van der Waals surface area (Å²) in [4.78, 5) is 21.8. The van der Waals surface area contributed by atoms with Gasteiger partial charge in [-0.1, -0.05) is 0 Å². The Morgan fingerprint density at radius 2 is 2.04 bits per heavy atom. The summed E-state index contributed by atoms with van der Waals surface area (Å²) in [6, 6.07) is 7.19. The van der Waals surface area contributed by atoms with E-state index in [1.54, 1.807) is 12.1 Å². The second kappa shape index (κ2) is 6.18. The summed E-state index contributed by atoms with van der Waals surface area (Å²) in [5.41, 5.74) is 1.08. The number of thiophene rings is 1. The minimum absolute atomic E-state index is 0.0550. The van der Waals surface area contributed by atoms with Gasteiger partial charge >= 0.3 is 0 Å². The molecule has 1 amide bonds. The molecule has 0 aliphatic carbocycles. The lowest BCUT2D eigenvalue weighted by Gasteiger charge is -2.31. The van der Waals surface area contributed by atoms with E-state index in [2.05, 4.69) is 9.83 Å². The zero-order valence-corrected chi connectivity index (χ0v) is 14.5. The molecular weight excluding hydrogens is 358 g/mol. The number of likely N-dealkylation sites (tertiary alicyclic amines) is 1. The number of rotatable bonds is 2. The van der Waals surface area contributed by atoms with Crippen molar-refractivity contribution in [3.8, 4) is 5.00 Å². The monoisotopic (exact) mass is 372 g/mol. The number of halogens is 2. The van der Waals surface area contributed by atoms with Crippen LogP contribution >= 0.6 is 11.3 Å². The molecule has 3 aromatic rings. The molecule has 0 N–H and O–H groups in total. The quantitative estimate of drug-likeness (QED) is 0.621. The van der Waals surface area contributed by atoms with Crippen LogP contribution in [-0.4, -0.2) is 39.4 Å². The first kappa shape index (κ1) is 16.7. The summed E-state index contributed by atoms with van der Waals surface area (Å²) in [6.45, 7) is 7.17. The maximum Gasteiger partial charge on any atom is 0.255 e. The number of fused-ring (bicyclic) bond motifs is 1. The van der Waals surface area contributed by atoms with Gasteiger partial charge in [-0.2, -0.15) is 0 Å². The first-order valence-corrected chi connectivity index (χ1v) is 8.90. The van der Waals surface area contributed by atoms with Crippen LogP contribution in [0.3, 0.4) is 0 Å². The Hall–Kier alpha value is -2.79. The smallest absolute Gasteiger partial charge is 0.255 e. The van der Waals surface area contributed by atoms with Crippen molar-refractivity contribution in [3.05, 3.63) is 53.6 Å². The molecule has 4 rings (SSSR count). The van der Waals surface area contributed by atoms with Gasteiger partial charge in [-0.25, -0.2) is 18.6 Å². The van der Waals surface area contributed by atoms with E-state index in [0.717, 1.165) is 10.4 Å². The number of piperidine rings is 1. The van der Waals surface area contributed by atoms with Gasteiger partial charge in [0.05, 0.1) is 17.1 Å². The van der Waals surface area contributed by atoms with E-state index in [1.165, 1.54) is 22.4 Å². The van der Waals surface area contributed by atoms with Gasteiger partial charge in [0.25, 0.3) is 11.8 Å². The lowest BCUT2D eigenvalue weighted by molar-refractivity contribution is -0.0494. The largest absolute Gasteiger partial charge is 0.338 e. The van der Waals surface area contributed by atoms with Crippen molar-refractivity contribution in [2.45, 2.75) is 18.8 Å². The van der Waals surface area contributed by atoms with Gasteiger partial charge in [0.2, 0.25) is 5.00 Å². The first-order valence-electron chi connectivity index (χ1n) is 8.09. The predicted octanol–water partition coefficient (Wildman–Crippen LogP) is 4.51. The number of nitrogens with zero attached hydrogens (tertiary/aromatic N) is 4. The van der Waals surface area contributed by atoms with Gasteiger partial charge in [0.1, 0.15) is 5.65 Å². The van der Waals surface area contributed by atoms with Crippen molar-refractivity contribution in [1.29, 1.82) is 0 Å². The van der Waals surface area contributed by atoms with Gasteiger partial charge in [-0.15, -0.1) is 11.3 Å². The molecule has 0 bridgehead atoms. The molecule has 3 aromatic heterocycles. The Labute approximate surface area is 152 Å². The number of aromatic nitrogens is 2. The predicted molar refractivity (Wildman–Crippen MR) is 95.3 cm³/mol. The van der Waals surface area contributed by atoms with Crippen molar-refractivity contribution >= 4 is 33.3 Å². The van der Waals surface area contributed by atoms with E-state index >= 15 is 0 Å². The summed E-state index contributed by atoms with van der Waals surface area (Å²) >= 11 is 1.36. The maximum atomic E-state index is 13.3. The van der Waals surface area contributed by atoms with Crippen LogP contribution in [0.2, 0.25) is 0 Å². The Kier molecular flexibility index (Phi) is 3.96. The summed E-state index contributed by atoms with van der Waals surface area (Å²) in [6.07, 6.45) is 2.73. The molecule has 0 spiro atoms. The third-order valence-electron chi connectivity index (χ3n) is 4.48. The molecule has 0 atom stereocenters. The maximum absolute atomic E-state index is 13.3. The molecule has 0 saturated carbocycles. The summed E-state index contributed by atoms with van der Waals surface area (Å²) in [5, 5.41) is 2.25. The van der Waals surface area contributed by atoms with Gasteiger partial charge in [0.15, 0.2) is 0 Å². The molecule has 1 saturated heterocycles. The summed E-state index contributed by atoms with van der Waals surface area (Å²) in [7, 11) is 0. The topological polar surface area (TPSA) is 42.5 Å². The second-order valence-corrected chi connectivity index (χ2v) is 7.24. The van der Waals surface area contributed by atoms with Crippen LogP contribution in [0.5, 0.6) is 0 Å². The molecule has 1 aliphatic heterocycles. The number of alkyl halides is 2. The van der Waals surface area contributed by atoms with E-state index < -0.39 is 5.92 Å². The summed E-state index contributed by atoms with van der Waals surface area (Å²) < 4.78 is 28.4. The lowest BCUT2D eigenvalue weighted by Crippen LogP contribution is -2.42. The van der Waals surface area contributed by atoms with Crippen LogP contribution in [0.1, 0.15) is 23.2 Å². The van der Waals surface area contributed by atoms with Gasteiger partial charge in [-0.05, 0) is 24.3 Å². The standard InChI is InChI=1S/C18H14F2N4OS/c1-21-14-2-3-15(26-14)24-7-4-12-10-13(11-22-16(12)24)17(25)23-8-5-18(19,20)6-9-23/h2-4,7,10-11H,5-6,8-9H2. The SMILES string of the molecule is [C-]#[N+]c1ccc(-n2ccc3cc(C(=O)N4CCC(F)(F)CC4)cnc32)s1. The highest BCUT2D eigenvalue weighted by atomic mass is 32.1. The third kappa shape index (κ3) is 2.95. The summed E-state index contributed by atoms with van der Waals surface area (Å²) in [5.74, 6) is -2.95. The second-order valence-electron chi connectivity index (χ2n) is 6.19. The highest BCUT2D eigenvalue weighted by Gasteiger charge is 2.35. The van der Waals surface area contributed by atoms with Crippen LogP contribution < -0.4 is 0 Å². The van der Waals surface area contributed by atoms with E-state index in [9.17, 15) is 13.6 Å². The highest BCUT2D eigenvalue weighted by Crippen LogP contribution is 2.31. The van der Waals surface area contributed by atoms with Crippen LogP contribution in [-0.2, 0) is 0 Å². The molecule has 1 aliphatic rings. The molecule has 5 nitrogen and oxygen atoms in total. The van der Waals surface area contributed by atoms with Gasteiger partial charge in [0, 0.05) is 43.7 Å². The fourth-order valence-electron chi connectivity index (χ4n) is 3.05. The van der Waals surface area contributed by atoms with Crippen molar-refractivity contribution in [2.24, 2.45) is 0 Å². The third-order valence-corrected chi connectivity index (χ3v) is 5.46. The molecule has 0 unspecified atom stereocenters. The number of amides is 1. The van der Waals surface area contributed by atoms with Crippen LogP contribution in [0.25, 0.3) is 20.9 Å². The fraction of sp³-hybridized carbons (Fsp3) is 0.278. The van der Waals surface area contributed by atoms with Crippen LogP contribution in [0.15, 0.2) is 36.7 Å². The number of carbonyl (C=O) groups excluding carboxylic acids is 1. The van der Waals surface area contributed by atoms with Crippen LogP contribution in [0.4, 0.5) is 13.8 Å². The number of carbonyl (C=O) groups is 1. The van der Waals surface area contributed by atoms with E-state index in [0.29, 0.717) is 16.2 Å². The van der Waals surface area contributed by atoms with Crippen molar-refractivity contribution in [1.82, 2.24) is 14.5 Å². The minimum atomic E-state index is -2.68. The van der Waals surface area contributed by atoms with Gasteiger partial charge < -0.3 is 4.90 Å². The van der Waals surface area contributed by atoms with E-state index in [1.807, 2.05) is 22.9 Å². The molecule has 0 radical (unpaired) electrons. The van der Waals surface area contributed by atoms with Crippen molar-refractivity contribution in [2.75, 3.05) is 13.1 Å². The highest BCUT2D eigenvalue weighted by molar-refractivity contribution is 7.18. The molecule has 26 heavy (non-hydrogen) atoms. The average Bonchev–Trinajstić information content (AvgIpc) is 3.27. The Balaban J connectivity index is 1.61. The van der Waals surface area contributed by atoms with E-state index in [-0.39, 0.29) is 31.8 Å². The Morgan fingerprint density at radius 3 is 2.73 bits per heavy atom. The lowest BCUT2D eigenvalue weighted by atomic mass is 10.1. The van der Waals surface area contributed by atoms with Crippen molar-refractivity contribution in [3.63, 3.8) is 0 Å². The number of pyridine rings is 1. The molecule has 1 fully saturated rings. The Bertz CT molecular complexity index is 1020.